The molecule has 19 heavy (non-hydrogen) atoms. The third kappa shape index (κ3) is 3.26. The Bertz CT molecular complexity index is 596. The average Bonchev–Trinajstić information content (AvgIpc) is 2.61. The largest absolute Gasteiger partial charge is 0.330 e. The van der Waals surface area contributed by atoms with Crippen LogP contribution < -0.4 is 5.73 Å². The van der Waals surface area contributed by atoms with Crippen molar-refractivity contribution in [2.75, 3.05) is 6.54 Å². The second kappa shape index (κ2) is 6.18. The minimum Gasteiger partial charge on any atom is -0.330 e. The van der Waals surface area contributed by atoms with Crippen molar-refractivity contribution in [3.8, 4) is 0 Å². The van der Waals surface area contributed by atoms with E-state index in [4.69, 9.17) is 28.9 Å². The first-order chi connectivity index (χ1) is 9.02. The summed E-state index contributed by atoms with van der Waals surface area (Å²) >= 11 is 13.6. The molecule has 102 valence electrons. The second-order valence-electron chi connectivity index (χ2n) is 4.21. The van der Waals surface area contributed by atoms with Gasteiger partial charge in [0.2, 0.25) is 0 Å². The van der Waals surface area contributed by atoms with Gasteiger partial charge < -0.3 is 5.73 Å². The third-order valence-corrected chi connectivity index (χ3v) is 4.72. The highest BCUT2D eigenvalue weighted by atomic mass is 35.5. The lowest BCUT2D eigenvalue weighted by Gasteiger charge is -2.06. The quantitative estimate of drug-likeness (QED) is 0.935. The van der Waals surface area contributed by atoms with Crippen LogP contribution in [0, 0.1) is 6.92 Å². The summed E-state index contributed by atoms with van der Waals surface area (Å²) in [5.74, 6) is 0. The zero-order valence-electron chi connectivity index (χ0n) is 10.8. The molecule has 2 aromatic rings. The van der Waals surface area contributed by atoms with E-state index in [-0.39, 0.29) is 0 Å². The Labute approximate surface area is 127 Å². The first kappa shape index (κ1) is 14.7. The van der Waals surface area contributed by atoms with E-state index >= 15 is 0 Å². The fourth-order valence-corrected chi connectivity index (χ4v) is 3.34. The minimum atomic E-state index is 0.561. The van der Waals surface area contributed by atoms with Crippen molar-refractivity contribution in [2.24, 2.45) is 12.8 Å². The van der Waals surface area contributed by atoms with Gasteiger partial charge in [0.25, 0.3) is 0 Å². The van der Waals surface area contributed by atoms with Crippen LogP contribution in [-0.2, 0) is 13.5 Å². The summed E-state index contributed by atoms with van der Waals surface area (Å²) in [7, 11) is 1.94. The van der Waals surface area contributed by atoms with E-state index in [1.807, 2.05) is 30.8 Å². The van der Waals surface area contributed by atoms with Crippen LogP contribution in [0.4, 0.5) is 0 Å². The highest BCUT2D eigenvalue weighted by molar-refractivity contribution is 7.99. The van der Waals surface area contributed by atoms with Crippen molar-refractivity contribution in [3.05, 3.63) is 39.5 Å². The Balaban J connectivity index is 2.34. The molecule has 0 aliphatic carbocycles. The van der Waals surface area contributed by atoms with Crippen molar-refractivity contribution in [3.63, 3.8) is 0 Å². The number of hydrogen-bond acceptors (Lipinski definition) is 3. The molecule has 0 bridgehead atoms. The van der Waals surface area contributed by atoms with Gasteiger partial charge in [0.15, 0.2) is 0 Å². The Hall–Kier alpha value is -0.680. The number of nitrogens with zero attached hydrogens (tertiary/aromatic N) is 2. The maximum atomic E-state index is 6.04. The van der Waals surface area contributed by atoms with E-state index in [0.717, 1.165) is 22.0 Å². The molecule has 0 aliphatic rings. The monoisotopic (exact) mass is 315 g/mol. The molecule has 0 radical (unpaired) electrons. The van der Waals surface area contributed by atoms with Crippen molar-refractivity contribution in [2.45, 2.75) is 23.3 Å². The van der Waals surface area contributed by atoms with Gasteiger partial charge in [-0.05, 0) is 38.1 Å². The molecule has 3 nitrogen and oxygen atoms in total. The van der Waals surface area contributed by atoms with Crippen LogP contribution in [0.3, 0.4) is 0 Å². The van der Waals surface area contributed by atoms with Gasteiger partial charge in [-0.25, -0.2) is 0 Å². The molecular formula is C13H15Cl2N3S. The molecule has 0 aliphatic heterocycles. The van der Waals surface area contributed by atoms with Crippen LogP contribution >= 0.6 is 35.0 Å². The molecule has 1 aromatic heterocycles. The Kier molecular flexibility index (Phi) is 4.79. The zero-order valence-corrected chi connectivity index (χ0v) is 13.1. The van der Waals surface area contributed by atoms with Gasteiger partial charge in [0, 0.05) is 17.5 Å². The number of aryl methyl sites for hydroxylation is 2. The number of benzene rings is 1. The lowest BCUT2D eigenvalue weighted by atomic mass is 10.2. The van der Waals surface area contributed by atoms with E-state index in [0.29, 0.717) is 16.6 Å². The third-order valence-electron chi connectivity index (χ3n) is 2.79. The number of aromatic nitrogens is 2. The molecule has 1 aromatic carbocycles. The maximum Gasteiger partial charge on any atom is 0.102 e. The van der Waals surface area contributed by atoms with Gasteiger partial charge in [-0.15, -0.1) is 0 Å². The van der Waals surface area contributed by atoms with Crippen LogP contribution in [0.5, 0.6) is 0 Å². The van der Waals surface area contributed by atoms with Crippen molar-refractivity contribution in [1.29, 1.82) is 0 Å². The van der Waals surface area contributed by atoms with Crippen molar-refractivity contribution in [1.82, 2.24) is 9.78 Å². The van der Waals surface area contributed by atoms with Crippen molar-refractivity contribution >= 4 is 35.0 Å². The summed E-state index contributed by atoms with van der Waals surface area (Å²) in [4.78, 5) is 1.04. The first-order valence-electron chi connectivity index (χ1n) is 5.88. The van der Waals surface area contributed by atoms with Crippen LogP contribution in [0.2, 0.25) is 10.0 Å². The first-order valence-corrected chi connectivity index (χ1v) is 7.45. The normalized spacial score (nSPS) is 11.0. The van der Waals surface area contributed by atoms with Crippen LogP contribution in [0.25, 0.3) is 0 Å². The minimum absolute atomic E-state index is 0.561. The predicted molar refractivity (Wildman–Crippen MR) is 81.3 cm³/mol. The summed E-state index contributed by atoms with van der Waals surface area (Å²) in [5.41, 5.74) is 7.88. The molecule has 1 heterocycles. The van der Waals surface area contributed by atoms with Crippen LogP contribution in [0.15, 0.2) is 28.1 Å². The number of rotatable bonds is 4. The highest BCUT2D eigenvalue weighted by Gasteiger charge is 2.14. The topological polar surface area (TPSA) is 43.8 Å². The van der Waals surface area contributed by atoms with Gasteiger partial charge in [-0.1, -0.05) is 35.0 Å². The zero-order chi connectivity index (χ0) is 14.0. The van der Waals surface area contributed by atoms with Gasteiger partial charge in [-0.3, -0.25) is 4.68 Å². The van der Waals surface area contributed by atoms with Crippen molar-refractivity contribution < 1.29 is 0 Å². The number of hydrogen-bond donors (Lipinski definition) is 1. The molecule has 0 saturated carbocycles. The molecule has 0 saturated heterocycles. The standard InChI is InChI=1S/C13H15Cl2N3S/c1-8-10(5-6-16)13(18(2)17-8)19-9-3-4-11(14)12(15)7-9/h3-4,7H,5-6,16H2,1-2H3. The summed E-state index contributed by atoms with van der Waals surface area (Å²) in [6.07, 6.45) is 0.823. The molecular weight excluding hydrogens is 301 g/mol. The molecule has 0 amide bonds. The highest BCUT2D eigenvalue weighted by Crippen LogP contribution is 2.35. The van der Waals surface area contributed by atoms with E-state index in [9.17, 15) is 0 Å². The fourth-order valence-electron chi connectivity index (χ4n) is 1.89. The molecule has 0 spiro atoms. The van der Waals surface area contributed by atoms with Gasteiger partial charge in [0.1, 0.15) is 5.03 Å². The Morgan fingerprint density at radius 1 is 1.32 bits per heavy atom. The molecule has 2 rings (SSSR count). The SMILES string of the molecule is Cc1nn(C)c(Sc2ccc(Cl)c(Cl)c2)c1CCN. The van der Waals surface area contributed by atoms with E-state index < -0.39 is 0 Å². The number of nitrogens with two attached hydrogens (primary N) is 1. The summed E-state index contributed by atoms with van der Waals surface area (Å²) in [5, 5.41) is 6.67. The van der Waals surface area contributed by atoms with E-state index in [2.05, 4.69) is 5.10 Å². The van der Waals surface area contributed by atoms with E-state index in [1.54, 1.807) is 17.8 Å². The van der Waals surface area contributed by atoms with E-state index in [1.165, 1.54) is 5.56 Å². The summed E-state index contributed by atoms with van der Waals surface area (Å²) < 4.78 is 1.88. The molecule has 6 heteroatoms. The molecule has 0 unspecified atom stereocenters. The number of halogens is 2. The van der Waals surface area contributed by atoms with Gasteiger partial charge in [-0.2, -0.15) is 5.10 Å². The lowest BCUT2D eigenvalue weighted by molar-refractivity contribution is 0.688. The molecule has 0 atom stereocenters. The second-order valence-corrected chi connectivity index (χ2v) is 6.09. The average molecular weight is 316 g/mol. The van der Waals surface area contributed by atoms with Gasteiger partial charge >= 0.3 is 0 Å². The smallest absolute Gasteiger partial charge is 0.102 e. The van der Waals surface area contributed by atoms with Crippen LogP contribution in [0.1, 0.15) is 11.3 Å². The molecule has 0 fully saturated rings. The maximum absolute atomic E-state index is 6.04. The summed E-state index contributed by atoms with van der Waals surface area (Å²) in [6.45, 7) is 2.62. The molecule has 2 N–H and O–H groups in total. The van der Waals surface area contributed by atoms with Gasteiger partial charge in [0.05, 0.1) is 15.7 Å². The fraction of sp³-hybridized carbons (Fsp3) is 0.308. The Morgan fingerprint density at radius 3 is 2.68 bits per heavy atom. The predicted octanol–water partition coefficient (Wildman–Crippen LogP) is 3.69. The Morgan fingerprint density at radius 2 is 2.05 bits per heavy atom. The lowest BCUT2D eigenvalue weighted by Crippen LogP contribution is -2.04. The summed E-state index contributed by atoms with van der Waals surface area (Å²) in [6, 6.07) is 5.62. The van der Waals surface area contributed by atoms with Crippen LogP contribution in [-0.4, -0.2) is 16.3 Å².